The van der Waals surface area contributed by atoms with Crippen LogP contribution in [-0.4, -0.2) is 107 Å². The van der Waals surface area contributed by atoms with E-state index >= 15 is 0 Å². The number of hydrogen-bond donors (Lipinski definition) is 0. The summed E-state index contributed by atoms with van der Waals surface area (Å²) in [6.45, 7) is 23.9. The molecule has 14 rings (SSSR count). The number of halogens is 1. The first-order valence-electron chi connectivity index (χ1n) is 30.9. The molecule has 0 amide bonds. The van der Waals surface area contributed by atoms with Crippen molar-refractivity contribution in [2.24, 2.45) is 43.6 Å². The molecule has 6 aromatic rings. The standard InChI is InChI=1S/2C17H23N3O2.C10H10O2.C10H10O.C9H7BrO.C9H8O/c2*1-10(2)14-8-21-16(19-14)12-6-5-7-13(18-12)17-20-15(9-22-17)11(3)4;1-7-6-10(11)12-9-5-3-2-4-8(7)9;1-7-6-10(11)9-5-3-2-4-8(7)9;10-8-5-9(11)7-4-2-1-3-6(7)8;10-9-6-5-7-3-1-2-4-8(7)9/h2*5-7,10-11,14-15H,8-9H2,1-4H3;2-5,7H,6H2,1H3;2-5,7H,6H2,1H3;1-4,8H,5H2;1-4H,5-6H2/t2*14-,15-;2*7-;;/m1011../s1. The quantitative estimate of drug-likeness (QED) is 0.0801. The number of alkyl halides is 1. The zero-order valence-corrected chi connectivity index (χ0v) is 53.7. The van der Waals surface area contributed by atoms with Gasteiger partial charge in [0.25, 0.3) is 0 Å². The Morgan fingerprint density at radius 1 is 0.398 bits per heavy atom. The molecule has 0 N–H and O–H groups in total. The maximum atomic E-state index is 11.3. The highest BCUT2D eigenvalue weighted by atomic mass is 79.9. The highest BCUT2D eigenvalue weighted by Crippen LogP contribution is 2.37. The van der Waals surface area contributed by atoms with Gasteiger partial charge in [0.1, 0.15) is 55.0 Å². The van der Waals surface area contributed by atoms with Crippen LogP contribution in [0, 0.1) is 23.7 Å². The van der Waals surface area contributed by atoms with Crippen molar-refractivity contribution in [1.29, 1.82) is 0 Å². The predicted molar refractivity (Wildman–Crippen MR) is 348 cm³/mol. The third-order valence-corrected chi connectivity index (χ3v) is 17.3. The largest absolute Gasteiger partial charge is 0.474 e. The van der Waals surface area contributed by atoms with E-state index in [9.17, 15) is 19.2 Å². The fourth-order valence-corrected chi connectivity index (χ4v) is 11.5. The number of ether oxygens (including phenoxy) is 5. The van der Waals surface area contributed by atoms with E-state index in [0.717, 1.165) is 62.8 Å². The summed E-state index contributed by atoms with van der Waals surface area (Å²) < 4.78 is 27.9. The fraction of sp³-hybridized carbons (Fsp3) is 0.417. The first-order chi connectivity index (χ1) is 42.3. The SMILES string of the molecule is CC(C)[C@@H]1COC(c2cccc(C3=N[C@H](C(C)C)CO3)n2)=N1.CC(C)[C@H]1COC(c2cccc(C3=N[C@@H](C(C)C)CO3)n2)=N1.C[C@@H]1CC(=O)Oc2ccccc21.C[C@@H]1CC(=O)c2ccccc21.O=C1CC(Br)c2ccccc21.O=C1CCc2ccccc21. The van der Waals surface area contributed by atoms with Crippen molar-refractivity contribution in [3.05, 3.63) is 195 Å². The van der Waals surface area contributed by atoms with Crippen molar-refractivity contribution in [2.45, 2.75) is 142 Å². The molecule has 0 radical (unpaired) electrons. The smallest absolute Gasteiger partial charge is 0.311 e. The number of hydrogen-bond acceptors (Lipinski definition) is 15. The van der Waals surface area contributed by atoms with Crippen molar-refractivity contribution in [1.82, 2.24) is 9.97 Å². The molecule has 5 aliphatic heterocycles. The lowest BCUT2D eigenvalue weighted by atomic mass is 9.95. The van der Waals surface area contributed by atoms with Gasteiger partial charge in [-0.05, 0) is 94.5 Å². The van der Waals surface area contributed by atoms with Crippen LogP contribution in [0.2, 0.25) is 0 Å². The van der Waals surface area contributed by atoms with E-state index in [1.807, 2.05) is 140 Å². The van der Waals surface area contributed by atoms with Crippen molar-refractivity contribution in [2.75, 3.05) is 26.4 Å². The minimum atomic E-state index is -0.124. The number of esters is 1. The normalized spacial score (nSPS) is 22.3. The Kier molecular flexibility index (Phi) is 21.8. The molecule has 460 valence electrons. The number of nitrogens with zero attached hydrogens (tertiary/aromatic N) is 6. The molecule has 15 nitrogen and oxygen atoms in total. The van der Waals surface area contributed by atoms with Gasteiger partial charge < -0.3 is 23.7 Å². The van der Waals surface area contributed by atoms with E-state index in [-0.39, 0.29) is 40.7 Å². The van der Waals surface area contributed by atoms with Gasteiger partial charge in [0.2, 0.25) is 23.6 Å². The van der Waals surface area contributed by atoms with Gasteiger partial charge in [-0.1, -0.05) is 188 Å². The number of aryl methyl sites for hydroxylation is 1. The number of benzene rings is 4. The lowest BCUT2D eigenvalue weighted by molar-refractivity contribution is -0.135. The summed E-state index contributed by atoms with van der Waals surface area (Å²) in [5.74, 6) is 6.54. The lowest BCUT2D eigenvalue weighted by Gasteiger charge is -2.20. The van der Waals surface area contributed by atoms with Crippen LogP contribution in [0.15, 0.2) is 153 Å². The number of aliphatic imine (C=N–C) groups is 4. The van der Waals surface area contributed by atoms with Crippen molar-refractivity contribution >= 4 is 62.8 Å². The molecule has 7 atom stereocenters. The molecule has 4 aromatic carbocycles. The monoisotopic (exact) mass is 1250 g/mol. The number of rotatable bonds is 8. The fourth-order valence-electron chi connectivity index (χ4n) is 10.8. The van der Waals surface area contributed by atoms with Crippen LogP contribution < -0.4 is 4.74 Å². The van der Waals surface area contributed by atoms with E-state index in [1.165, 1.54) is 11.1 Å². The topological polar surface area (TPSA) is 190 Å². The Hall–Kier alpha value is -7.98. The minimum absolute atomic E-state index is 0.124. The van der Waals surface area contributed by atoms with Gasteiger partial charge >= 0.3 is 5.97 Å². The molecule has 0 fully saturated rings. The van der Waals surface area contributed by atoms with Gasteiger partial charge in [-0.25, -0.2) is 29.9 Å². The van der Waals surface area contributed by atoms with Crippen molar-refractivity contribution in [3.8, 4) is 5.75 Å². The van der Waals surface area contributed by atoms with E-state index in [0.29, 0.717) is 123 Å². The summed E-state index contributed by atoms with van der Waals surface area (Å²) in [4.78, 5) is 72.5. The van der Waals surface area contributed by atoms with Crippen molar-refractivity contribution in [3.63, 3.8) is 0 Å². The number of carbonyl (C=O) groups is 4. The Bertz CT molecular complexity index is 3340. The summed E-state index contributed by atoms with van der Waals surface area (Å²) in [5.41, 5.74) is 10.5. The van der Waals surface area contributed by atoms with E-state index in [2.05, 4.69) is 108 Å². The second-order valence-corrected chi connectivity index (χ2v) is 25.6. The molecule has 3 aliphatic carbocycles. The molecule has 7 heterocycles. The molecule has 16 heteroatoms. The number of Topliss-reactive ketones (excluding diaryl/α,β-unsaturated/α-hetero) is 3. The maximum Gasteiger partial charge on any atom is 0.311 e. The maximum absolute atomic E-state index is 11.3. The summed E-state index contributed by atoms with van der Waals surface area (Å²) in [5, 5.41) is 0. The number of pyridine rings is 2. The zero-order valence-electron chi connectivity index (χ0n) is 52.2. The highest BCUT2D eigenvalue weighted by Gasteiger charge is 2.31. The third-order valence-electron chi connectivity index (χ3n) is 16.5. The van der Waals surface area contributed by atoms with Crippen LogP contribution in [0.25, 0.3) is 0 Å². The summed E-state index contributed by atoms with van der Waals surface area (Å²) in [6.07, 6.45) is 3.45. The number of aromatic nitrogens is 2. The summed E-state index contributed by atoms with van der Waals surface area (Å²) in [6, 6.07) is 43.6. The van der Waals surface area contributed by atoms with E-state index < -0.39 is 0 Å². The van der Waals surface area contributed by atoms with Gasteiger partial charge in [-0.3, -0.25) is 19.2 Å². The molecular formula is C72H81BrN6O9. The second-order valence-electron chi connectivity index (χ2n) is 24.5. The molecule has 2 aromatic heterocycles. The number of ketones is 3. The van der Waals surface area contributed by atoms with Crippen LogP contribution in [0.3, 0.4) is 0 Å². The Morgan fingerprint density at radius 3 is 1.19 bits per heavy atom. The molecular weight excluding hydrogens is 1170 g/mol. The summed E-state index contributed by atoms with van der Waals surface area (Å²) >= 11 is 3.46. The first kappa shape index (κ1) is 64.5. The van der Waals surface area contributed by atoms with E-state index in [1.54, 1.807) is 0 Å². The van der Waals surface area contributed by atoms with Crippen molar-refractivity contribution < 1.29 is 42.9 Å². The molecule has 0 spiro atoms. The lowest BCUT2D eigenvalue weighted by Crippen LogP contribution is -2.18. The zero-order chi connectivity index (χ0) is 62.6. The van der Waals surface area contributed by atoms with Crippen LogP contribution in [0.5, 0.6) is 5.75 Å². The van der Waals surface area contributed by atoms with Gasteiger partial charge in [0, 0.05) is 40.8 Å². The minimum Gasteiger partial charge on any atom is -0.474 e. The van der Waals surface area contributed by atoms with Gasteiger partial charge in [-0.2, -0.15) is 0 Å². The molecule has 1 unspecified atom stereocenters. The average Bonchev–Trinajstić information content (AvgIpc) is 4.09. The predicted octanol–water partition coefficient (Wildman–Crippen LogP) is 14.4. The van der Waals surface area contributed by atoms with Crippen LogP contribution in [0.4, 0.5) is 0 Å². The summed E-state index contributed by atoms with van der Waals surface area (Å²) in [7, 11) is 0. The van der Waals surface area contributed by atoms with Crippen LogP contribution >= 0.6 is 15.9 Å². The van der Waals surface area contributed by atoms with Gasteiger partial charge in [0.05, 0.1) is 30.6 Å². The highest BCUT2D eigenvalue weighted by molar-refractivity contribution is 9.09. The van der Waals surface area contributed by atoms with Gasteiger partial charge in [0.15, 0.2) is 17.3 Å². The van der Waals surface area contributed by atoms with Gasteiger partial charge in [-0.15, -0.1) is 0 Å². The molecule has 0 saturated heterocycles. The Morgan fingerprint density at radius 2 is 0.773 bits per heavy atom. The molecule has 0 saturated carbocycles. The van der Waals surface area contributed by atoms with Crippen LogP contribution in [0.1, 0.15) is 188 Å². The second kappa shape index (κ2) is 29.8. The Labute approximate surface area is 526 Å². The Balaban J connectivity index is 0.000000130. The number of fused-ring (bicyclic) bond motifs is 4. The number of carbonyl (C=O) groups excluding carboxylic acids is 4. The molecule has 88 heavy (non-hydrogen) atoms. The third kappa shape index (κ3) is 16.2. The number of para-hydroxylation sites is 1. The molecule has 0 bridgehead atoms. The van der Waals surface area contributed by atoms with E-state index in [4.69, 9.17) is 23.7 Å². The molecule has 8 aliphatic rings. The first-order valence-corrected chi connectivity index (χ1v) is 31.8. The van der Waals surface area contributed by atoms with Crippen LogP contribution in [-0.2, 0) is 30.2 Å². The average molecular weight is 1250 g/mol.